The first-order valence-electron chi connectivity index (χ1n) is 8.54. The number of carbonyl (C=O) groups excluding carboxylic acids is 1. The minimum atomic E-state index is -3.72. The van der Waals surface area contributed by atoms with Gasteiger partial charge in [0.25, 0.3) is 5.91 Å². The van der Waals surface area contributed by atoms with E-state index < -0.39 is 10.0 Å². The predicted molar refractivity (Wildman–Crippen MR) is 109 cm³/mol. The highest BCUT2D eigenvalue weighted by Gasteiger charge is 2.12. The number of ether oxygens (including phenoxy) is 1. The van der Waals surface area contributed by atoms with Gasteiger partial charge in [0.05, 0.1) is 6.54 Å². The minimum absolute atomic E-state index is 0.0721. The highest BCUT2D eigenvalue weighted by molar-refractivity contribution is 7.91. The van der Waals surface area contributed by atoms with E-state index in [2.05, 4.69) is 5.32 Å². The van der Waals surface area contributed by atoms with Crippen molar-refractivity contribution in [3.05, 3.63) is 82.7 Å². The van der Waals surface area contributed by atoms with Gasteiger partial charge in [0.2, 0.25) is 10.0 Å². The average molecular weight is 417 g/mol. The Labute approximate surface area is 168 Å². The standard InChI is InChI=1S/C20H20N2O4S2/c21-28(24,25)20-11-10-17(27-20)13-22-19(23)14-26-18-9-5-4-8-16(18)12-15-6-2-1-3-7-15/h1-11H,12-14H2,(H,22,23)(H2,21,24,25). The predicted octanol–water partition coefficient (Wildman–Crippen LogP) is 2.68. The number of thiophene rings is 1. The summed E-state index contributed by atoms with van der Waals surface area (Å²) in [4.78, 5) is 12.8. The van der Waals surface area contributed by atoms with E-state index in [1.165, 1.54) is 6.07 Å². The fourth-order valence-corrected chi connectivity index (χ4v) is 4.31. The smallest absolute Gasteiger partial charge is 0.258 e. The molecule has 0 saturated heterocycles. The van der Waals surface area contributed by atoms with Crippen molar-refractivity contribution in [3.63, 3.8) is 0 Å². The number of hydrogen-bond acceptors (Lipinski definition) is 5. The number of para-hydroxylation sites is 1. The summed E-state index contributed by atoms with van der Waals surface area (Å²) in [6, 6.07) is 20.7. The molecule has 0 radical (unpaired) electrons. The lowest BCUT2D eigenvalue weighted by Crippen LogP contribution is -2.28. The maximum atomic E-state index is 12.1. The van der Waals surface area contributed by atoms with Crippen molar-refractivity contribution >= 4 is 27.3 Å². The summed E-state index contributed by atoms with van der Waals surface area (Å²) in [5.74, 6) is 0.370. The summed E-state index contributed by atoms with van der Waals surface area (Å²) < 4.78 is 28.3. The number of primary sulfonamides is 1. The Kier molecular flexibility index (Phi) is 6.45. The van der Waals surface area contributed by atoms with Crippen LogP contribution in [-0.4, -0.2) is 20.9 Å². The Balaban J connectivity index is 1.54. The molecule has 1 aromatic heterocycles. The Morgan fingerprint density at radius 3 is 2.43 bits per heavy atom. The molecule has 1 heterocycles. The summed E-state index contributed by atoms with van der Waals surface area (Å²) in [7, 11) is -3.72. The van der Waals surface area contributed by atoms with Gasteiger partial charge in [0.1, 0.15) is 9.96 Å². The largest absolute Gasteiger partial charge is 0.483 e. The maximum Gasteiger partial charge on any atom is 0.258 e. The Hall–Kier alpha value is -2.68. The average Bonchev–Trinajstić information content (AvgIpc) is 3.16. The lowest BCUT2D eigenvalue weighted by molar-refractivity contribution is -0.123. The number of benzene rings is 2. The van der Waals surface area contributed by atoms with Gasteiger partial charge in [0, 0.05) is 11.3 Å². The van der Waals surface area contributed by atoms with Crippen LogP contribution in [0, 0.1) is 0 Å². The molecule has 1 amide bonds. The first kappa shape index (κ1) is 20.1. The molecule has 0 fully saturated rings. The summed E-state index contributed by atoms with van der Waals surface area (Å²) in [6.07, 6.45) is 0.712. The number of amides is 1. The van der Waals surface area contributed by atoms with Crippen molar-refractivity contribution in [2.45, 2.75) is 17.2 Å². The van der Waals surface area contributed by atoms with E-state index in [4.69, 9.17) is 9.88 Å². The van der Waals surface area contributed by atoms with E-state index in [1.54, 1.807) is 6.07 Å². The van der Waals surface area contributed by atoms with Crippen LogP contribution in [0.15, 0.2) is 70.9 Å². The first-order valence-corrected chi connectivity index (χ1v) is 10.9. The van der Waals surface area contributed by atoms with E-state index in [0.717, 1.165) is 22.5 Å². The molecule has 0 bridgehead atoms. The molecule has 0 spiro atoms. The minimum Gasteiger partial charge on any atom is -0.483 e. The Morgan fingerprint density at radius 1 is 1.00 bits per heavy atom. The normalized spacial score (nSPS) is 11.2. The van der Waals surface area contributed by atoms with Crippen LogP contribution >= 0.6 is 11.3 Å². The first-order chi connectivity index (χ1) is 13.4. The third-order valence-electron chi connectivity index (χ3n) is 3.95. The zero-order valence-electron chi connectivity index (χ0n) is 15.0. The highest BCUT2D eigenvalue weighted by Crippen LogP contribution is 2.22. The van der Waals surface area contributed by atoms with E-state index in [0.29, 0.717) is 17.0 Å². The van der Waals surface area contributed by atoms with Gasteiger partial charge in [-0.25, -0.2) is 13.6 Å². The topological polar surface area (TPSA) is 98.5 Å². The summed E-state index contributed by atoms with van der Waals surface area (Å²) in [5.41, 5.74) is 2.16. The van der Waals surface area contributed by atoms with Crippen LogP contribution < -0.4 is 15.2 Å². The number of nitrogens with two attached hydrogens (primary N) is 1. The van der Waals surface area contributed by atoms with Crippen molar-refractivity contribution in [1.29, 1.82) is 0 Å². The van der Waals surface area contributed by atoms with E-state index >= 15 is 0 Å². The van der Waals surface area contributed by atoms with Gasteiger partial charge >= 0.3 is 0 Å². The second kappa shape index (κ2) is 9.01. The van der Waals surface area contributed by atoms with Gasteiger partial charge < -0.3 is 10.1 Å². The van der Waals surface area contributed by atoms with Gasteiger partial charge in [-0.3, -0.25) is 4.79 Å². The zero-order valence-corrected chi connectivity index (χ0v) is 16.6. The molecule has 8 heteroatoms. The molecule has 0 aliphatic rings. The molecule has 3 aromatic rings. The molecule has 0 saturated carbocycles. The molecule has 2 aromatic carbocycles. The third-order valence-corrected chi connectivity index (χ3v) is 6.47. The summed E-state index contributed by atoms with van der Waals surface area (Å²) in [5, 5.41) is 7.80. The molecule has 3 N–H and O–H groups in total. The van der Waals surface area contributed by atoms with Gasteiger partial charge in [-0.15, -0.1) is 11.3 Å². The van der Waals surface area contributed by atoms with Crippen molar-refractivity contribution in [1.82, 2.24) is 5.32 Å². The van der Waals surface area contributed by atoms with E-state index in [1.807, 2.05) is 54.6 Å². The van der Waals surface area contributed by atoms with Crippen LogP contribution in [0.1, 0.15) is 16.0 Å². The lowest BCUT2D eigenvalue weighted by atomic mass is 10.0. The molecular weight excluding hydrogens is 396 g/mol. The molecule has 6 nitrogen and oxygen atoms in total. The molecular formula is C20H20N2O4S2. The second-order valence-electron chi connectivity index (χ2n) is 6.10. The summed E-state index contributed by atoms with van der Waals surface area (Å²) >= 11 is 1.03. The van der Waals surface area contributed by atoms with Crippen molar-refractivity contribution in [2.24, 2.45) is 5.14 Å². The van der Waals surface area contributed by atoms with Gasteiger partial charge in [-0.05, 0) is 29.3 Å². The fourth-order valence-electron chi connectivity index (χ4n) is 2.59. The molecule has 0 aliphatic heterocycles. The molecule has 146 valence electrons. The number of sulfonamides is 1. The Morgan fingerprint density at radius 2 is 1.71 bits per heavy atom. The quantitative estimate of drug-likeness (QED) is 0.590. The number of rotatable bonds is 8. The van der Waals surface area contributed by atoms with Crippen molar-refractivity contribution in [3.8, 4) is 5.75 Å². The van der Waals surface area contributed by atoms with Gasteiger partial charge in [-0.1, -0.05) is 48.5 Å². The van der Waals surface area contributed by atoms with Gasteiger partial charge in [0.15, 0.2) is 6.61 Å². The number of hydrogen-bond donors (Lipinski definition) is 2. The second-order valence-corrected chi connectivity index (χ2v) is 9.06. The Bertz CT molecular complexity index is 1050. The van der Waals surface area contributed by atoms with Crippen LogP contribution in [0.5, 0.6) is 5.75 Å². The maximum absolute atomic E-state index is 12.1. The highest BCUT2D eigenvalue weighted by atomic mass is 32.2. The fraction of sp³-hybridized carbons (Fsp3) is 0.150. The number of nitrogens with one attached hydrogen (secondary N) is 1. The molecule has 0 atom stereocenters. The van der Waals surface area contributed by atoms with Crippen molar-refractivity contribution < 1.29 is 17.9 Å². The molecule has 3 rings (SSSR count). The van der Waals surface area contributed by atoms with Gasteiger partial charge in [-0.2, -0.15) is 0 Å². The molecule has 0 aliphatic carbocycles. The van der Waals surface area contributed by atoms with Crippen LogP contribution in [-0.2, 0) is 27.8 Å². The van der Waals surface area contributed by atoms with Crippen LogP contribution in [0.25, 0.3) is 0 Å². The SMILES string of the molecule is NS(=O)(=O)c1ccc(CNC(=O)COc2ccccc2Cc2ccccc2)s1. The van der Waals surface area contributed by atoms with Crippen molar-refractivity contribution in [2.75, 3.05) is 6.61 Å². The summed E-state index contributed by atoms with van der Waals surface area (Å²) in [6.45, 7) is 0.0905. The molecule has 28 heavy (non-hydrogen) atoms. The third kappa shape index (κ3) is 5.66. The zero-order chi connectivity index (χ0) is 20.0. The van der Waals surface area contributed by atoms with Crippen LogP contribution in [0.4, 0.5) is 0 Å². The van der Waals surface area contributed by atoms with E-state index in [-0.39, 0.29) is 23.3 Å². The van der Waals surface area contributed by atoms with E-state index in [9.17, 15) is 13.2 Å². The van der Waals surface area contributed by atoms with Crippen LogP contribution in [0.3, 0.4) is 0 Å². The molecule has 0 unspecified atom stereocenters. The monoisotopic (exact) mass is 416 g/mol. The lowest BCUT2D eigenvalue weighted by Gasteiger charge is -2.11. The number of carbonyl (C=O) groups is 1. The van der Waals surface area contributed by atoms with Crippen LogP contribution in [0.2, 0.25) is 0 Å².